The lowest BCUT2D eigenvalue weighted by atomic mass is 10.0. The van der Waals surface area contributed by atoms with Gasteiger partial charge in [0.05, 0.1) is 15.5 Å². The third kappa shape index (κ3) is 4.08. The Hall–Kier alpha value is -2.75. The summed E-state index contributed by atoms with van der Waals surface area (Å²) in [6, 6.07) is 10.0. The molecule has 0 unspecified atom stereocenters. The number of nitrogens with one attached hydrogen (secondary N) is 1. The highest BCUT2D eigenvalue weighted by Crippen LogP contribution is 2.34. The molecular weight excluding hydrogens is 445 g/mol. The Morgan fingerprint density at radius 2 is 1.84 bits per heavy atom. The van der Waals surface area contributed by atoms with E-state index in [2.05, 4.69) is 10.5 Å². The number of anilines is 1. The number of aryl methyl sites for hydroxylation is 1. The first-order valence-electron chi connectivity index (χ1n) is 9.61. The molecule has 1 amide bonds. The Kier molecular flexibility index (Phi) is 5.83. The van der Waals surface area contributed by atoms with Gasteiger partial charge in [0.2, 0.25) is 10.0 Å². The molecule has 3 aromatic rings. The van der Waals surface area contributed by atoms with Gasteiger partial charge in [0.1, 0.15) is 22.8 Å². The van der Waals surface area contributed by atoms with Gasteiger partial charge in [0.25, 0.3) is 5.91 Å². The van der Waals surface area contributed by atoms with Crippen molar-refractivity contribution in [3.63, 3.8) is 0 Å². The van der Waals surface area contributed by atoms with Crippen molar-refractivity contribution in [2.24, 2.45) is 0 Å². The zero-order chi connectivity index (χ0) is 22.2. The van der Waals surface area contributed by atoms with Crippen LogP contribution in [0.2, 0.25) is 5.02 Å². The van der Waals surface area contributed by atoms with Crippen molar-refractivity contribution >= 4 is 33.2 Å². The largest absolute Gasteiger partial charge is 0.360 e. The fraction of sp³-hybridized carbons (Fsp3) is 0.238. The molecule has 0 spiro atoms. The van der Waals surface area contributed by atoms with Gasteiger partial charge in [-0.2, -0.15) is 4.31 Å². The van der Waals surface area contributed by atoms with Crippen molar-refractivity contribution in [2.45, 2.75) is 24.7 Å². The molecule has 0 bridgehead atoms. The van der Waals surface area contributed by atoms with Gasteiger partial charge in [-0.3, -0.25) is 4.79 Å². The Morgan fingerprint density at radius 3 is 2.48 bits per heavy atom. The van der Waals surface area contributed by atoms with E-state index in [9.17, 15) is 17.6 Å². The minimum Gasteiger partial charge on any atom is -0.360 e. The average molecular weight is 464 g/mol. The molecule has 4 rings (SSSR count). The molecule has 2 heterocycles. The molecule has 2 aromatic carbocycles. The minimum atomic E-state index is -3.55. The number of benzene rings is 2. The molecule has 0 radical (unpaired) electrons. The van der Waals surface area contributed by atoms with Crippen molar-refractivity contribution in [1.82, 2.24) is 9.46 Å². The van der Waals surface area contributed by atoms with E-state index in [0.29, 0.717) is 18.8 Å². The van der Waals surface area contributed by atoms with Crippen molar-refractivity contribution in [1.29, 1.82) is 0 Å². The fourth-order valence-electron chi connectivity index (χ4n) is 3.52. The lowest BCUT2D eigenvalue weighted by Crippen LogP contribution is -2.27. The molecule has 1 fully saturated rings. The van der Waals surface area contributed by atoms with Crippen molar-refractivity contribution < 1.29 is 22.1 Å². The summed E-state index contributed by atoms with van der Waals surface area (Å²) >= 11 is 6.11. The number of carbonyl (C=O) groups excluding carboxylic acids is 1. The van der Waals surface area contributed by atoms with Crippen LogP contribution in [0.25, 0.3) is 11.3 Å². The van der Waals surface area contributed by atoms with Crippen LogP contribution in [0, 0.1) is 12.7 Å². The van der Waals surface area contributed by atoms with E-state index >= 15 is 0 Å². The third-order valence-electron chi connectivity index (χ3n) is 5.10. The summed E-state index contributed by atoms with van der Waals surface area (Å²) in [6.07, 6.45) is 1.69. The van der Waals surface area contributed by atoms with Crippen LogP contribution in [0.15, 0.2) is 51.9 Å². The second-order valence-corrected chi connectivity index (χ2v) is 9.49. The second kappa shape index (κ2) is 8.41. The lowest BCUT2D eigenvalue weighted by Gasteiger charge is -2.15. The van der Waals surface area contributed by atoms with Crippen LogP contribution in [-0.2, 0) is 10.0 Å². The maximum atomic E-state index is 14.3. The van der Waals surface area contributed by atoms with Gasteiger partial charge in [-0.1, -0.05) is 22.8 Å². The number of carbonyl (C=O) groups is 1. The summed E-state index contributed by atoms with van der Waals surface area (Å²) in [7, 11) is -3.55. The monoisotopic (exact) mass is 463 g/mol. The van der Waals surface area contributed by atoms with Gasteiger partial charge < -0.3 is 9.84 Å². The van der Waals surface area contributed by atoms with E-state index in [-0.39, 0.29) is 32.5 Å². The predicted octanol–water partition coefficient (Wildman–Crippen LogP) is 4.48. The van der Waals surface area contributed by atoms with Crippen LogP contribution in [0.4, 0.5) is 10.1 Å². The molecule has 1 saturated heterocycles. The second-order valence-electron chi connectivity index (χ2n) is 7.15. The zero-order valence-electron chi connectivity index (χ0n) is 16.6. The molecule has 1 aliphatic heterocycles. The van der Waals surface area contributed by atoms with Crippen molar-refractivity contribution in [3.8, 4) is 11.3 Å². The Bertz CT molecular complexity index is 1220. The highest BCUT2D eigenvalue weighted by Gasteiger charge is 2.28. The molecule has 162 valence electrons. The first kappa shape index (κ1) is 21.5. The lowest BCUT2D eigenvalue weighted by molar-refractivity contribution is 0.102. The number of amides is 1. The molecule has 1 aromatic heterocycles. The van der Waals surface area contributed by atoms with Gasteiger partial charge >= 0.3 is 0 Å². The molecule has 0 aliphatic carbocycles. The molecule has 0 saturated carbocycles. The number of rotatable bonds is 5. The molecule has 7 nitrogen and oxygen atoms in total. The standard InChI is InChI=1S/C21H19ClFN3O4S/c1-13-18(20(25-30-13)19-16(22)5-4-6-17(19)23)21(27)24-14-7-9-15(10-8-14)31(28,29)26-11-2-3-12-26/h4-10H,2-3,11-12H2,1H3,(H,24,27). The molecule has 31 heavy (non-hydrogen) atoms. The van der Waals surface area contributed by atoms with Gasteiger partial charge in [-0.05, 0) is 56.2 Å². The van der Waals surface area contributed by atoms with Crippen LogP contribution in [-0.4, -0.2) is 36.9 Å². The van der Waals surface area contributed by atoms with E-state index in [4.69, 9.17) is 16.1 Å². The number of nitrogens with zero attached hydrogens (tertiary/aromatic N) is 2. The molecular formula is C21H19ClFN3O4S. The summed E-state index contributed by atoms with van der Waals surface area (Å²) < 4.78 is 46.2. The van der Waals surface area contributed by atoms with Gasteiger partial charge in [0.15, 0.2) is 0 Å². The topological polar surface area (TPSA) is 92.5 Å². The summed E-state index contributed by atoms with van der Waals surface area (Å²) in [5.41, 5.74) is 0.377. The maximum Gasteiger partial charge on any atom is 0.261 e. The van der Waals surface area contributed by atoms with Crippen LogP contribution in [0.3, 0.4) is 0 Å². The average Bonchev–Trinajstić information content (AvgIpc) is 3.39. The summed E-state index contributed by atoms with van der Waals surface area (Å²) in [5, 5.41) is 6.58. The highest BCUT2D eigenvalue weighted by molar-refractivity contribution is 7.89. The van der Waals surface area contributed by atoms with E-state index in [0.717, 1.165) is 12.8 Å². The van der Waals surface area contributed by atoms with E-state index in [1.165, 1.54) is 53.7 Å². The number of aromatic nitrogens is 1. The van der Waals surface area contributed by atoms with Crippen molar-refractivity contribution in [2.75, 3.05) is 18.4 Å². The smallest absolute Gasteiger partial charge is 0.261 e. The van der Waals surface area contributed by atoms with Gasteiger partial charge in [0, 0.05) is 18.8 Å². The summed E-state index contributed by atoms with van der Waals surface area (Å²) in [4.78, 5) is 13.1. The van der Waals surface area contributed by atoms with Crippen LogP contribution in [0.5, 0.6) is 0 Å². The number of hydrogen-bond donors (Lipinski definition) is 1. The molecule has 0 atom stereocenters. The normalized spacial score (nSPS) is 14.7. The summed E-state index contributed by atoms with van der Waals surface area (Å²) in [5.74, 6) is -1.02. The third-order valence-corrected chi connectivity index (χ3v) is 7.33. The van der Waals surface area contributed by atoms with Crippen LogP contribution in [0.1, 0.15) is 29.0 Å². The van der Waals surface area contributed by atoms with Gasteiger partial charge in [-0.15, -0.1) is 0 Å². The van der Waals surface area contributed by atoms with Gasteiger partial charge in [-0.25, -0.2) is 12.8 Å². The fourth-order valence-corrected chi connectivity index (χ4v) is 5.29. The first-order valence-corrected chi connectivity index (χ1v) is 11.4. The first-order chi connectivity index (χ1) is 14.8. The number of halogens is 2. The maximum absolute atomic E-state index is 14.3. The Balaban J connectivity index is 1.59. The molecule has 10 heteroatoms. The number of sulfonamides is 1. The predicted molar refractivity (Wildman–Crippen MR) is 114 cm³/mol. The van der Waals surface area contributed by atoms with Crippen molar-refractivity contribution in [3.05, 3.63) is 64.6 Å². The minimum absolute atomic E-state index is 0.00803. The van der Waals surface area contributed by atoms with Crippen LogP contribution < -0.4 is 5.32 Å². The molecule has 1 aliphatic rings. The van der Waals surface area contributed by atoms with E-state index in [1.807, 2.05) is 0 Å². The summed E-state index contributed by atoms with van der Waals surface area (Å²) in [6.45, 7) is 2.55. The van der Waals surface area contributed by atoms with E-state index in [1.54, 1.807) is 0 Å². The Morgan fingerprint density at radius 1 is 1.16 bits per heavy atom. The Labute approximate surface area is 183 Å². The van der Waals surface area contributed by atoms with E-state index < -0.39 is 21.7 Å². The highest BCUT2D eigenvalue weighted by atomic mass is 35.5. The number of hydrogen-bond acceptors (Lipinski definition) is 5. The SMILES string of the molecule is Cc1onc(-c2c(F)cccc2Cl)c1C(=O)Nc1ccc(S(=O)(=O)N2CCCC2)cc1. The quantitative estimate of drug-likeness (QED) is 0.602. The molecule has 1 N–H and O–H groups in total. The zero-order valence-corrected chi connectivity index (χ0v) is 18.1. The van der Waals surface area contributed by atoms with Crippen LogP contribution >= 0.6 is 11.6 Å².